The fourth-order valence-corrected chi connectivity index (χ4v) is 8.66. The van der Waals surface area contributed by atoms with Gasteiger partial charge in [-0.3, -0.25) is 0 Å². The highest BCUT2D eigenvalue weighted by atomic mass is 32.1. The van der Waals surface area contributed by atoms with E-state index in [2.05, 4.69) is 115 Å². The van der Waals surface area contributed by atoms with Gasteiger partial charge >= 0.3 is 0 Å². The van der Waals surface area contributed by atoms with Crippen LogP contribution in [0.25, 0.3) is 75.1 Å². The minimum atomic E-state index is -0.102. The lowest BCUT2D eigenvalue weighted by atomic mass is 9.97. The molecule has 0 aliphatic carbocycles. The van der Waals surface area contributed by atoms with E-state index in [1.807, 2.05) is 65.6 Å². The smallest absolute Gasteiger partial charge is 0.0645 e. The van der Waals surface area contributed by atoms with Crippen molar-refractivity contribution < 1.29 is 5.48 Å². The lowest BCUT2D eigenvalue weighted by Gasteiger charge is -2.26. The highest BCUT2D eigenvalue weighted by Gasteiger charge is 2.16. The van der Waals surface area contributed by atoms with Gasteiger partial charge in [-0.05, 0) is 97.3 Å². The van der Waals surface area contributed by atoms with E-state index in [0.717, 1.165) is 75.3 Å². The molecule has 0 saturated heterocycles. The normalized spacial score (nSPS) is 12.5. The summed E-state index contributed by atoms with van der Waals surface area (Å²) >= 11 is 1.62. The van der Waals surface area contributed by atoms with Gasteiger partial charge in [0.15, 0.2) is 0 Å². The van der Waals surface area contributed by atoms with E-state index in [1.165, 1.54) is 0 Å². The number of fused-ring (bicyclic) bond motifs is 5. The molecule has 0 saturated carbocycles. The molecule has 0 radical (unpaired) electrons. The van der Waals surface area contributed by atoms with Gasteiger partial charge in [-0.1, -0.05) is 158 Å². The van der Waals surface area contributed by atoms with E-state index in [0.29, 0.717) is 11.1 Å². The lowest BCUT2D eigenvalue weighted by Crippen LogP contribution is -2.09. The van der Waals surface area contributed by atoms with Crippen molar-refractivity contribution >= 4 is 70.1 Å². The maximum absolute atomic E-state index is 9.57. The van der Waals surface area contributed by atoms with E-state index in [1.54, 1.807) is 11.3 Å². The molecular weight excluding hydrogens is 647 g/mol. The average Bonchev–Trinajstić information content (AvgIpc) is 3.64. The summed E-state index contributed by atoms with van der Waals surface area (Å²) < 4.78 is 40.2. The largest absolute Gasteiger partial charge is 0.311 e. The first-order chi connectivity index (χ1) is 27.5. The Bertz CT molecular complexity index is 2970. The van der Waals surface area contributed by atoms with Gasteiger partial charge in [-0.15, -0.1) is 11.3 Å². The second-order valence-corrected chi connectivity index (χ2v) is 14.0. The van der Waals surface area contributed by atoms with Crippen molar-refractivity contribution in [2.45, 2.75) is 0 Å². The molecule has 0 fully saturated rings. The number of hydrogen-bond donors (Lipinski definition) is 0. The number of anilines is 3. The fraction of sp³-hybridized carbons (Fsp3) is 0. The Kier molecular flexibility index (Phi) is 6.43. The quantitative estimate of drug-likeness (QED) is 0.169. The van der Waals surface area contributed by atoms with Crippen LogP contribution in [0.2, 0.25) is 0 Å². The Morgan fingerprint density at radius 2 is 0.808 bits per heavy atom. The van der Waals surface area contributed by atoms with Crippen molar-refractivity contribution in [3.63, 3.8) is 0 Å². The average molecular weight is 684 g/mol. The molecule has 0 bridgehead atoms. The van der Waals surface area contributed by atoms with E-state index in [4.69, 9.17) is 0 Å². The summed E-state index contributed by atoms with van der Waals surface area (Å²) in [6.45, 7) is 0. The van der Waals surface area contributed by atoms with Crippen LogP contribution in [-0.2, 0) is 0 Å². The molecule has 0 atom stereocenters. The molecule has 244 valence electrons. The molecule has 1 heterocycles. The predicted molar refractivity (Wildman–Crippen MR) is 225 cm³/mol. The van der Waals surface area contributed by atoms with Crippen LogP contribution >= 0.6 is 11.3 Å². The zero-order valence-electron chi connectivity index (χ0n) is 32.1. The summed E-state index contributed by atoms with van der Waals surface area (Å²) in [6.07, 6.45) is 0. The first kappa shape index (κ1) is 26.3. The summed E-state index contributed by atoms with van der Waals surface area (Å²) in [5, 5.41) is 6.81. The second kappa shape index (κ2) is 12.7. The van der Waals surface area contributed by atoms with Crippen molar-refractivity contribution in [3.05, 3.63) is 200 Å². The lowest BCUT2D eigenvalue weighted by molar-refractivity contribution is 1.28. The van der Waals surface area contributed by atoms with Gasteiger partial charge in [-0.25, -0.2) is 0 Å². The van der Waals surface area contributed by atoms with Crippen LogP contribution in [-0.4, -0.2) is 0 Å². The van der Waals surface area contributed by atoms with Gasteiger partial charge in [0.2, 0.25) is 0 Å². The number of thiophene rings is 1. The second-order valence-electron chi connectivity index (χ2n) is 13.0. The van der Waals surface area contributed by atoms with Crippen molar-refractivity contribution in [1.29, 1.82) is 0 Å². The highest BCUT2D eigenvalue weighted by molar-refractivity contribution is 7.26. The number of benzene rings is 9. The van der Waals surface area contributed by atoms with Crippen LogP contribution in [0.5, 0.6) is 0 Å². The SMILES string of the molecule is [2H]c1c([2H])c(N(c2ccc(-c3cccc4ccccc34)cc2)c2ccc(-c3cccc4ccccc34)cc2)c([2H])c([2H])c1-c1cccc2c1sc1ccccc12. The van der Waals surface area contributed by atoms with E-state index in [9.17, 15) is 5.48 Å². The molecule has 10 aromatic rings. The topological polar surface area (TPSA) is 3.24 Å². The van der Waals surface area contributed by atoms with Crippen LogP contribution in [0, 0.1) is 0 Å². The molecule has 0 aliphatic rings. The van der Waals surface area contributed by atoms with Crippen LogP contribution in [0.1, 0.15) is 5.48 Å². The van der Waals surface area contributed by atoms with Gasteiger partial charge in [-0.2, -0.15) is 0 Å². The third kappa shape index (κ3) is 5.24. The molecule has 0 aliphatic heterocycles. The zero-order valence-corrected chi connectivity index (χ0v) is 28.9. The van der Waals surface area contributed by atoms with Crippen LogP contribution in [0.3, 0.4) is 0 Å². The maximum atomic E-state index is 9.57. The van der Waals surface area contributed by atoms with Gasteiger partial charge in [0.1, 0.15) is 0 Å². The van der Waals surface area contributed by atoms with Crippen LogP contribution in [0.4, 0.5) is 17.1 Å². The molecule has 0 unspecified atom stereocenters. The fourth-order valence-electron chi connectivity index (χ4n) is 7.44. The van der Waals surface area contributed by atoms with Crippen molar-refractivity contribution in [2.75, 3.05) is 4.90 Å². The molecule has 9 aromatic carbocycles. The van der Waals surface area contributed by atoms with Gasteiger partial charge in [0.25, 0.3) is 0 Å². The maximum Gasteiger partial charge on any atom is 0.0645 e. The molecule has 1 nitrogen and oxygen atoms in total. The first-order valence-electron chi connectivity index (χ1n) is 19.4. The Hall–Kier alpha value is -6.48. The van der Waals surface area contributed by atoms with Crippen molar-refractivity contribution in [3.8, 4) is 33.4 Å². The molecule has 0 amide bonds. The summed E-state index contributed by atoms with van der Waals surface area (Å²) in [4.78, 5) is 1.87. The van der Waals surface area contributed by atoms with E-state index < -0.39 is 0 Å². The summed E-state index contributed by atoms with van der Waals surface area (Å²) in [6, 6.07) is 59.4. The minimum absolute atomic E-state index is 0.0734. The Morgan fingerprint density at radius 1 is 0.346 bits per heavy atom. The summed E-state index contributed by atoms with van der Waals surface area (Å²) in [5.74, 6) is 0. The van der Waals surface area contributed by atoms with Crippen molar-refractivity contribution in [1.82, 2.24) is 0 Å². The molecule has 10 rings (SSSR count). The number of rotatable bonds is 6. The minimum Gasteiger partial charge on any atom is -0.311 e. The Morgan fingerprint density at radius 3 is 1.40 bits per heavy atom. The molecule has 0 spiro atoms. The Balaban J connectivity index is 1.15. The molecule has 1 aromatic heterocycles. The Labute approximate surface area is 312 Å². The standard InChI is InChI=1S/C50H33NS/c1-3-14-42-34(10-1)12-7-17-44(42)36-22-28-39(29-23-36)51(40-30-24-37(25-31-40)45-18-8-13-35-11-2-4-15-43(35)45)41-32-26-38(27-33-41)46-19-9-20-48-47-16-5-6-21-49(47)52-50(46)48/h1-33H/i26D,27D,32D,33D. The zero-order chi connectivity index (χ0) is 37.9. The number of nitrogens with zero attached hydrogens (tertiary/aromatic N) is 1. The third-order valence-electron chi connectivity index (χ3n) is 9.96. The van der Waals surface area contributed by atoms with Crippen LogP contribution < -0.4 is 4.90 Å². The molecule has 0 N–H and O–H groups in total. The van der Waals surface area contributed by atoms with E-state index >= 15 is 0 Å². The molecular formula is C50H33NS. The van der Waals surface area contributed by atoms with Gasteiger partial charge in [0.05, 0.1) is 5.48 Å². The summed E-state index contributed by atoms with van der Waals surface area (Å²) in [5.41, 5.74) is 6.99. The third-order valence-corrected chi connectivity index (χ3v) is 11.2. The van der Waals surface area contributed by atoms with Gasteiger partial charge < -0.3 is 4.90 Å². The highest BCUT2D eigenvalue weighted by Crippen LogP contribution is 2.42. The van der Waals surface area contributed by atoms with E-state index in [-0.39, 0.29) is 29.9 Å². The number of hydrogen-bond acceptors (Lipinski definition) is 2. The van der Waals surface area contributed by atoms with Crippen molar-refractivity contribution in [2.24, 2.45) is 0 Å². The predicted octanol–water partition coefficient (Wildman–Crippen LogP) is 14.8. The molecule has 52 heavy (non-hydrogen) atoms. The van der Waals surface area contributed by atoms with Gasteiger partial charge in [0, 0.05) is 37.2 Å². The van der Waals surface area contributed by atoms with Crippen LogP contribution in [0.15, 0.2) is 200 Å². The summed E-state index contributed by atoms with van der Waals surface area (Å²) in [7, 11) is 0. The molecule has 2 heteroatoms. The monoisotopic (exact) mass is 683 g/mol. The first-order valence-corrected chi connectivity index (χ1v) is 18.3.